The van der Waals surface area contributed by atoms with Crippen LogP contribution < -0.4 is 36.5 Å². The van der Waals surface area contributed by atoms with Gasteiger partial charge in [-0.15, -0.1) is 26.3 Å². The van der Waals surface area contributed by atoms with Gasteiger partial charge in [-0.05, 0) is 114 Å². The molecule has 0 bridgehead atoms. The minimum Gasteiger partial charge on any atom is -0.405 e. The summed E-state index contributed by atoms with van der Waals surface area (Å²) in [5.41, 5.74) is 4.15. The highest BCUT2D eigenvalue weighted by molar-refractivity contribution is 9.09. The van der Waals surface area contributed by atoms with Crippen molar-refractivity contribution in [3.63, 3.8) is 0 Å². The maximum atomic E-state index is 13.6. The van der Waals surface area contributed by atoms with Crippen LogP contribution in [-0.4, -0.2) is 86.5 Å². The molecular formula is C50H68Br2F12N10O2. The Bertz CT molecular complexity index is 2290. The van der Waals surface area contributed by atoms with Crippen LogP contribution in [0, 0.1) is 11.8 Å². The van der Waals surface area contributed by atoms with E-state index in [1.54, 1.807) is 0 Å². The molecule has 26 heteroatoms. The van der Waals surface area contributed by atoms with Gasteiger partial charge in [0.1, 0.15) is 34.3 Å². The molecule has 12 nitrogen and oxygen atoms in total. The molecule has 2 aromatic carbocycles. The fraction of sp³-hybridized carbons (Fsp3) is 0.600. The minimum atomic E-state index is -4.87. The third-order valence-electron chi connectivity index (χ3n) is 12.5. The van der Waals surface area contributed by atoms with E-state index in [1.165, 1.54) is 62.1 Å². The van der Waals surface area contributed by atoms with E-state index in [4.69, 9.17) is 5.73 Å². The summed E-state index contributed by atoms with van der Waals surface area (Å²) in [5, 5.41) is 13.2. The monoisotopic (exact) mass is 1230 g/mol. The lowest BCUT2D eigenvalue weighted by atomic mass is 9.85. The first kappa shape index (κ1) is 65.7. The van der Waals surface area contributed by atoms with E-state index in [2.05, 4.69) is 87.4 Å². The van der Waals surface area contributed by atoms with Gasteiger partial charge in [-0.1, -0.05) is 83.1 Å². The topological polar surface area (TPSA) is 147 Å². The molecule has 1 aliphatic heterocycles. The second-order valence-electron chi connectivity index (χ2n) is 18.0. The van der Waals surface area contributed by atoms with E-state index in [0.717, 1.165) is 87.2 Å². The molecule has 0 unspecified atom stereocenters. The van der Waals surface area contributed by atoms with Crippen LogP contribution >= 0.6 is 31.9 Å². The highest BCUT2D eigenvalue weighted by Crippen LogP contribution is 2.37. The third-order valence-corrected chi connectivity index (χ3v) is 13.6. The highest BCUT2D eigenvalue weighted by Gasteiger charge is 2.38. The number of para-hydroxylation sites is 2. The van der Waals surface area contributed by atoms with Crippen LogP contribution in [0.25, 0.3) is 0 Å². The number of unbranched alkanes of at least 4 members (excludes halogenated alkanes) is 1. The summed E-state index contributed by atoms with van der Waals surface area (Å²) >= 11 is 6.66. The van der Waals surface area contributed by atoms with E-state index in [9.17, 15) is 52.7 Å². The summed E-state index contributed by atoms with van der Waals surface area (Å²) < 4.78 is 164. The molecule has 6 N–H and O–H groups in total. The summed E-state index contributed by atoms with van der Waals surface area (Å²) in [4.78, 5) is 17.8. The van der Waals surface area contributed by atoms with Gasteiger partial charge in [0, 0.05) is 72.4 Å². The predicted octanol–water partition coefficient (Wildman–Crippen LogP) is 14.8. The average Bonchev–Trinajstić information content (AvgIpc) is 3.89. The number of halogens is 14. The number of nitrogens with one attached hydrogen (secondary N) is 4. The molecule has 0 spiro atoms. The normalized spacial score (nSPS) is 19.0. The van der Waals surface area contributed by atoms with Crippen LogP contribution in [0.2, 0.25) is 0 Å². The Morgan fingerprint density at radius 1 is 0.553 bits per heavy atom. The lowest BCUT2D eigenvalue weighted by Gasteiger charge is -2.34. The summed E-state index contributed by atoms with van der Waals surface area (Å²) in [7, 11) is 0. The van der Waals surface area contributed by atoms with E-state index >= 15 is 0 Å². The number of benzene rings is 2. The standard InChI is InChI=1S/C24H29F6N5O.C20H23F6N5O.C4H8Br2.2CH4/c25-23(26,27)19-15-33-22(32-14-17-5-1-2-6-20(17)36-24(28,29)30)34-21(19)31-13-16-7-9-18(10-8-16)35-11-3-4-12-35;21-19(22,23)15-11-30-18(31-17(15)28-9-12-5-7-14(27)8-6-12)29-10-13-3-1-2-4-16(13)32-20(24,25)26;5-3-1-2-4-6;;/h1-2,5-6,15-16,18H,3-4,7-14H2,(H2,31,32,33,34);1-4,11-12,14H,5-10,27H2,(H2,28,29,30,31);1-4H2;2*1H4. The highest BCUT2D eigenvalue weighted by atomic mass is 79.9. The fourth-order valence-corrected chi connectivity index (χ4v) is 9.39. The van der Waals surface area contributed by atoms with Crippen molar-refractivity contribution >= 4 is 55.4 Å². The van der Waals surface area contributed by atoms with Crippen LogP contribution in [0.4, 0.5) is 76.2 Å². The van der Waals surface area contributed by atoms with Crippen LogP contribution in [0.5, 0.6) is 11.5 Å². The Labute approximate surface area is 453 Å². The first-order valence-electron chi connectivity index (χ1n) is 24.1. The lowest BCUT2D eigenvalue weighted by molar-refractivity contribution is -0.275. The number of ether oxygens (including phenoxy) is 2. The van der Waals surface area contributed by atoms with Gasteiger partial charge in [0.15, 0.2) is 0 Å². The van der Waals surface area contributed by atoms with E-state index < -0.39 is 47.7 Å². The van der Waals surface area contributed by atoms with Gasteiger partial charge in [-0.3, -0.25) is 0 Å². The van der Waals surface area contributed by atoms with Crippen molar-refractivity contribution in [2.24, 2.45) is 17.6 Å². The molecule has 0 amide bonds. The summed E-state index contributed by atoms with van der Waals surface area (Å²) in [5.74, 6) is -1.44. The Morgan fingerprint density at radius 3 is 1.30 bits per heavy atom. The fourth-order valence-electron chi connectivity index (χ4n) is 8.60. The van der Waals surface area contributed by atoms with Gasteiger partial charge in [-0.25, -0.2) is 9.97 Å². The van der Waals surface area contributed by atoms with Crippen LogP contribution in [0.3, 0.4) is 0 Å². The van der Waals surface area contributed by atoms with Gasteiger partial charge in [-0.2, -0.15) is 36.3 Å². The molecule has 2 aliphatic carbocycles. The van der Waals surface area contributed by atoms with Crippen molar-refractivity contribution in [1.29, 1.82) is 0 Å². The number of hydrogen-bond donors (Lipinski definition) is 5. The number of anilines is 4. The number of nitrogens with two attached hydrogens (primary N) is 1. The number of nitrogens with zero attached hydrogens (tertiary/aromatic N) is 5. The SMILES string of the molecule is BrCCCCBr.C.C.FC(F)(F)Oc1ccccc1CNc1ncc(C(F)(F)F)c(NCC2CCC(N3CCCC3)CC2)n1.NC1CCC(CNc2nc(NCc3ccccc3OC(F)(F)F)ncc2C(F)(F)F)CC1. The van der Waals surface area contributed by atoms with Crippen molar-refractivity contribution in [1.82, 2.24) is 24.8 Å². The number of rotatable bonds is 18. The van der Waals surface area contributed by atoms with Crippen LogP contribution in [-0.2, 0) is 25.4 Å². The van der Waals surface area contributed by atoms with Crippen LogP contribution in [0.15, 0.2) is 60.9 Å². The molecule has 3 heterocycles. The number of alkyl halides is 14. The van der Waals surface area contributed by atoms with Gasteiger partial charge < -0.3 is 41.4 Å². The summed E-state index contributed by atoms with van der Waals surface area (Å²) in [6, 6.07) is 11.6. The Kier molecular flexibility index (Phi) is 26.9. The molecule has 3 fully saturated rings. The van der Waals surface area contributed by atoms with E-state index in [-0.39, 0.29) is 80.5 Å². The largest absolute Gasteiger partial charge is 0.573 e. The van der Waals surface area contributed by atoms with Gasteiger partial charge >= 0.3 is 25.1 Å². The zero-order valence-electron chi connectivity index (χ0n) is 40.1. The second-order valence-corrected chi connectivity index (χ2v) is 19.6. The molecule has 4 aromatic rings. The van der Waals surface area contributed by atoms with Crippen molar-refractivity contribution in [2.45, 2.75) is 142 Å². The smallest absolute Gasteiger partial charge is 0.405 e. The molecule has 428 valence electrons. The Balaban J connectivity index is 0.000000355. The Hall–Kier alpha value is -4.56. The van der Waals surface area contributed by atoms with Gasteiger partial charge in [0.05, 0.1) is 0 Å². The second kappa shape index (κ2) is 31.1. The molecular weight excluding hydrogens is 1160 g/mol. The van der Waals surface area contributed by atoms with Crippen molar-refractivity contribution in [3.05, 3.63) is 83.2 Å². The number of likely N-dealkylation sites (tertiary alicyclic amines) is 1. The van der Waals surface area contributed by atoms with Gasteiger partial charge in [0.25, 0.3) is 0 Å². The van der Waals surface area contributed by atoms with E-state index in [0.29, 0.717) is 31.5 Å². The minimum absolute atomic E-state index is 0. The van der Waals surface area contributed by atoms with E-state index in [1.807, 2.05) is 0 Å². The lowest BCUT2D eigenvalue weighted by Crippen LogP contribution is -2.37. The number of aromatic nitrogens is 4. The summed E-state index contributed by atoms with van der Waals surface area (Å²) in [6.45, 7) is 2.57. The van der Waals surface area contributed by atoms with Crippen molar-refractivity contribution in [2.75, 3.05) is 58.1 Å². The zero-order valence-corrected chi connectivity index (χ0v) is 43.3. The molecule has 0 radical (unpaired) electrons. The molecule has 2 saturated carbocycles. The molecule has 2 aromatic heterocycles. The maximum Gasteiger partial charge on any atom is 0.573 e. The average molecular weight is 1230 g/mol. The Morgan fingerprint density at radius 2 is 0.934 bits per heavy atom. The van der Waals surface area contributed by atoms with Crippen molar-refractivity contribution < 1.29 is 62.2 Å². The summed E-state index contributed by atoms with van der Waals surface area (Å²) in [6.07, 6.45) is -5.53. The molecule has 1 saturated heterocycles. The first-order chi connectivity index (χ1) is 35.0. The van der Waals surface area contributed by atoms with Crippen molar-refractivity contribution in [3.8, 4) is 11.5 Å². The molecule has 0 atom stereocenters. The zero-order chi connectivity index (χ0) is 53.9. The first-order valence-corrected chi connectivity index (χ1v) is 26.4. The molecule has 3 aliphatic rings. The predicted molar refractivity (Wildman–Crippen MR) is 279 cm³/mol. The van der Waals surface area contributed by atoms with Gasteiger partial charge in [0.2, 0.25) is 11.9 Å². The van der Waals surface area contributed by atoms with Crippen LogP contribution in [0.1, 0.15) is 114 Å². The molecule has 76 heavy (non-hydrogen) atoms. The molecule has 7 rings (SSSR count). The maximum absolute atomic E-state index is 13.6. The third kappa shape index (κ3) is 22.8. The quantitative estimate of drug-likeness (QED) is 0.0367. The number of hydrogen-bond acceptors (Lipinski definition) is 12.